The fraction of sp³-hybridized carbons (Fsp3) is 0.176. The van der Waals surface area contributed by atoms with Crippen molar-refractivity contribution in [3.05, 3.63) is 69.6 Å². The molecular weight excluding hydrogens is 278 g/mol. The van der Waals surface area contributed by atoms with E-state index in [1.807, 2.05) is 6.92 Å². The van der Waals surface area contributed by atoms with Gasteiger partial charge in [-0.05, 0) is 38.1 Å². The average Bonchev–Trinajstić information content (AvgIpc) is 2.49. The van der Waals surface area contributed by atoms with Crippen LogP contribution in [0.3, 0.4) is 0 Å². The number of fused-ring (bicyclic) bond motifs is 1. The third-order valence-corrected chi connectivity index (χ3v) is 3.85. The highest BCUT2D eigenvalue weighted by Crippen LogP contribution is 2.39. The number of nitrogens with zero attached hydrogens (tertiary/aromatic N) is 2. The molecule has 0 radical (unpaired) electrons. The monoisotopic (exact) mass is 293 g/mol. The highest BCUT2D eigenvalue weighted by atomic mass is 16.5. The summed E-state index contributed by atoms with van der Waals surface area (Å²) < 4.78 is 7.35. The van der Waals surface area contributed by atoms with Gasteiger partial charge >= 0.3 is 0 Å². The number of hydrogen-bond acceptors (Lipinski definition) is 4. The lowest BCUT2D eigenvalue weighted by molar-refractivity contribution is 0.130. The Morgan fingerprint density at radius 2 is 2.09 bits per heavy atom. The molecule has 0 fully saturated rings. The fourth-order valence-corrected chi connectivity index (χ4v) is 2.54. The van der Waals surface area contributed by atoms with Crippen molar-refractivity contribution in [3.8, 4) is 11.8 Å². The molecule has 2 aromatic rings. The van der Waals surface area contributed by atoms with Crippen molar-refractivity contribution in [2.24, 2.45) is 5.73 Å². The second-order valence-electron chi connectivity index (χ2n) is 5.41. The van der Waals surface area contributed by atoms with E-state index in [1.165, 1.54) is 10.6 Å². The quantitative estimate of drug-likeness (QED) is 0.872. The molecule has 1 aliphatic heterocycles. The number of hydrogen-bond donors (Lipinski definition) is 1. The van der Waals surface area contributed by atoms with Crippen LogP contribution in [0, 0.1) is 11.3 Å². The minimum atomic E-state index is -1.02. The number of pyridine rings is 1. The highest BCUT2D eigenvalue weighted by Gasteiger charge is 2.34. The topological polar surface area (TPSA) is 81.0 Å². The molecule has 2 N–H and O–H groups in total. The lowest BCUT2D eigenvalue weighted by Crippen LogP contribution is -2.47. The molecule has 1 aromatic heterocycles. The fourth-order valence-electron chi connectivity index (χ4n) is 2.54. The van der Waals surface area contributed by atoms with Crippen LogP contribution >= 0.6 is 0 Å². The summed E-state index contributed by atoms with van der Waals surface area (Å²) in [7, 11) is 0. The number of nitriles is 1. The van der Waals surface area contributed by atoms with Gasteiger partial charge < -0.3 is 4.74 Å². The van der Waals surface area contributed by atoms with Gasteiger partial charge in [0.2, 0.25) is 0 Å². The molecule has 1 unspecified atom stereocenters. The highest BCUT2D eigenvalue weighted by molar-refractivity contribution is 5.77. The molecular formula is C17H15N3O2. The minimum absolute atomic E-state index is 0.164. The van der Waals surface area contributed by atoms with Gasteiger partial charge in [0, 0.05) is 23.4 Å². The van der Waals surface area contributed by atoms with Crippen LogP contribution in [0.15, 0.2) is 53.0 Å². The van der Waals surface area contributed by atoms with Crippen LogP contribution in [0.25, 0.3) is 5.70 Å². The molecule has 1 aromatic carbocycles. The van der Waals surface area contributed by atoms with Gasteiger partial charge in [-0.1, -0.05) is 6.07 Å². The number of rotatable bonds is 1. The van der Waals surface area contributed by atoms with Crippen molar-refractivity contribution in [3.63, 3.8) is 0 Å². The van der Waals surface area contributed by atoms with Gasteiger partial charge in [0.1, 0.15) is 5.75 Å². The van der Waals surface area contributed by atoms with Gasteiger partial charge in [0.05, 0.1) is 17.3 Å². The summed E-state index contributed by atoms with van der Waals surface area (Å²) in [6, 6.07) is 12.1. The Morgan fingerprint density at radius 3 is 2.77 bits per heavy atom. The Bertz CT molecular complexity index is 885. The summed E-state index contributed by atoms with van der Waals surface area (Å²) in [5.41, 5.74) is 7.61. The molecule has 1 aliphatic rings. The van der Waals surface area contributed by atoms with E-state index >= 15 is 0 Å². The van der Waals surface area contributed by atoms with E-state index in [1.54, 1.807) is 43.5 Å². The molecule has 22 heavy (non-hydrogen) atoms. The Hall–Kier alpha value is -2.84. The molecule has 0 bridgehead atoms. The smallest absolute Gasteiger partial charge is 0.255 e. The van der Waals surface area contributed by atoms with Crippen molar-refractivity contribution < 1.29 is 4.74 Å². The molecule has 0 spiro atoms. The maximum absolute atomic E-state index is 12.2. The summed E-state index contributed by atoms with van der Waals surface area (Å²) in [6.07, 6.45) is 1.69. The Balaban J connectivity index is 2.37. The second-order valence-corrected chi connectivity index (χ2v) is 5.41. The first-order valence-electron chi connectivity index (χ1n) is 6.86. The van der Waals surface area contributed by atoms with Gasteiger partial charge in [-0.15, -0.1) is 0 Å². The van der Waals surface area contributed by atoms with Crippen molar-refractivity contribution in [1.82, 2.24) is 4.57 Å². The summed E-state index contributed by atoms with van der Waals surface area (Å²) >= 11 is 0. The minimum Gasteiger partial charge on any atom is -0.469 e. The predicted molar refractivity (Wildman–Crippen MR) is 83.1 cm³/mol. The van der Waals surface area contributed by atoms with E-state index < -0.39 is 5.72 Å². The molecule has 5 nitrogen and oxygen atoms in total. The lowest BCUT2D eigenvalue weighted by Gasteiger charge is -2.35. The standard InChI is InChI=1S/C17H15N3O2/c1-11-16(20-8-4-3-5-15(20)21)13-9-12(10-18)6-7-14(13)22-17(11,2)19/h3-9H,19H2,1-2H3. The van der Waals surface area contributed by atoms with Gasteiger partial charge in [0.25, 0.3) is 5.56 Å². The Labute approximate surface area is 127 Å². The lowest BCUT2D eigenvalue weighted by atomic mass is 9.94. The van der Waals surface area contributed by atoms with Crippen LogP contribution in [0.5, 0.6) is 5.75 Å². The number of benzene rings is 1. The first kappa shape index (κ1) is 14.1. The molecule has 1 atom stereocenters. The number of ether oxygens (including phenoxy) is 1. The van der Waals surface area contributed by atoms with Crippen LogP contribution in [-0.2, 0) is 0 Å². The molecule has 0 aliphatic carbocycles. The third kappa shape index (κ3) is 2.10. The molecule has 5 heteroatoms. The van der Waals surface area contributed by atoms with Crippen LogP contribution in [0.1, 0.15) is 25.0 Å². The average molecular weight is 293 g/mol. The van der Waals surface area contributed by atoms with Crippen LogP contribution in [-0.4, -0.2) is 10.3 Å². The van der Waals surface area contributed by atoms with Crippen molar-refractivity contribution >= 4 is 5.70 Å². The summed E-state index contributed by atoms with van der Waals surface area (Å²) in [5, 5.41) is 9.12. The zero-order chi connectivity index (χ0) is 15.9. The Morgan fingerprint density at radius 1 is 1.32 bits per heavy atom. The van der Waals surface area contributed by atoms with Gasteiger partial charge in [-0.3, -0.25) is 15.1 Å². The van der Waals surface area contributed by atoms with Gasteiger partial charge in [0.15, 0.2) is 5.72 Å². The number of nitrogens with two attached hydrogens (primary N) is 1. The van der Waals surface area contributed by atoms with Crippen LogP contribution < -0.4 is 16.0 Å². The number of aromatic nitrogens is 1. The Kier molecular flexibility index (Phi) is 3.12. The van der Waals surface area contributed by atoms with Gasteiger partial charge in [-0.2, -0.15) is 5.26 Å². The zero-order valence-electron chi connectivity index (χ0n) is 12.3. The van der Waals surface area contributed by atoms with E-state index in [2.05, 4.69) is 6.07 Å². The molecule has 0 amide bonds. The largest absolute Gasteiger partial charge is 0.469 e. The second kappa shape index (κ2) is 4.86. The first-order valence-corrected chi connectivity index (χ1v) is 6.86. The predicted octanol–water partition coefficient (Wildman–Crippen LogP) is 2.07. The first-order chi connectivity index (χ1) is 10.4. The van der Waals surface area contributed by atoms with E-state index in [-0.39, 0.29) is 5.56 Å². The van der Waals surface area contributed by atoms with Gasteiger partial charge in [-0.25, -0.2) is 0 Å². The molecule has 110 valence electrons. The summed E-state index contributed by atoms with van der Waals surface area (Å²) in [5.74, 6) is 0.556. The summed E-state index contributed by atoms with van der Waals surface area (Å²) in [4.78, 5) is 12.2. The van der Waals surface area contributed by atoms with Crippen molar-refractivity contribution in [2.45, 2.75) is 19.6 Å². The van der Waals surface area contributed by atoms with E-state index in [0.29, 0.717) is 22.6 Å². The van der Waals surface area contributed by atoms with Crippen molar-refractivity contribution in [2.75, 3.05) is 0 Å². The van der Waals surface area contributed by atoms with Crippen LogP contribution in [0.4, 0.5) is 0 Å². The van der Waals surface area contributed by atoms with Crippen molar-refractivity contribution in [1.29, 1.82) is 5.26 Å². The van der Waals surface area contributed by atoms with E-state index in [9.17, 15) is 4.79 Å². The maximum atomic E-state index is 12.2. The zero-order valence-corrected chi connectivity index (χ0v) is 12.3. The molecule has 0 saturated heterocycles. The molecule has 2 heterocycles. The maximum Gasteiger partial charge on any atom is 0.255 e. The summed E-state index contributed by atoms with van der Waals surface area (Å²) in [6.45, 7) is 3.58. The molecule has 0 saturated carbocycles. The SMILES string of the molecule is CC1=C(n2ccccc2=O)c2cc(C#N)ccc2OC1(C)N. The van der Waals surface area contributed by atoms with E-state index in [4.69, 9.17) is 15.7 Å². The molecule has 3 rings (SSSR count). The van der Waals surface area contributed by atoms with E-state index in [0.717, 1.165) is 5.57 Å². The third-order valence-electron chi connectivity index (χ3n) is 3.85. The van der Waals surface area contributed by atoms with Crippen LogP contribution in [0.2, 0.25) is 0 Å². The normalized spacial score (nSPS) is 20.1.